The third-order valence-corrected chi connectivity index (χ3v) is 3.68. The van der Waals surface area contributed by atoms with Crippen LogP contribution >= 0.6 is 11.6 Å². The molecule has 0 aliphatic rings. The molecule has 3 nitrogen and oxygen atoms in total. The summed E-state index contributed by atoms with van der Waals surface area (Å²) < 4.78 is 13.3. The van der Waals surface area contributed by atoms with Gasteiger partial charge in [0, 0.05) is 6.04 Å². The van der Waals surface area contributed by atoms with Gasteiger partial charge in [-0.25, -0.2) is 4.39 Å². The van der Waals surface area contributed by atoms with Crippen LogP contribution in [0.5, 0.6) is 0 Å². The van der Waals surface area contributed by atoms with Crippen LogP contribution in [0, 0.1) is 19.7 Å². The molecule has 1 N–H and O–H groups in total. The summed E-state index contributed by atoms with van der Waals surface area (Å²) in [5.41, 5.74) is 3.89. The predicted octanol–water partition coefficient (Wildman–Crippen LogP) is 3.78. The number of aryl methyl sites for hydroxylation is 2. The second-order valence-electron chi connectivity index (χ2n) is 5.09. The molecule has 1 unspecified atom stereocenters. The highest BCUT2D eigenvalue weighted by molar-refractivity contribution is 6.30. The van der Waals surface area contributed by atoms with Crippen LogP contribution in [-0.4, -0.2) is 16.7 Å². The Morgan fingerprint density at radius 2 is 2.00 bits per heavy atom. The number of nitrogens with one attached hydrogen (secondary N) is 1. The van der Waals surface area contributed by atoms with E-state index in [0.29, 0.717) is 0 Å². The van der Waals surface area contributed by atoms with Gasteiger partial charge in [0.15, 0.2) is 0 Å². The first-order chi connectivity index (χ1) is 10.0. The van der Waals surface area contributed by atoms with Crippen LogP contribution in [0.2, 0.25) is 5.02 Å². The average molecular weight is 308 g/mol. The van der Waals surface area contributed by atoms with Crippen molar-refractivity contribution in [1.82, 2.24) is 15.5 Å². The molecule has 0 aliphatic carbocycles. The molecule has 2 aromatic rings. The molecule has 0 saturated carbocycles. The van der Waals surface area contributed by atoms with Gasteiger partial charge in [-0.2, -0.15) is 10.2 Å². The Hall–Kier alpha value is -1.52. The zero-order chi connectivity index (χ0) is 15.4. The van der Waals surface area contributed by atoms with Crippen molar-refractivity contribution in [2.24, 2.45) is 0 Å². The van der Waals surface area contributed by atoms with Crippen molar-refractivity contribution < 1.29 is 4.39 Å². The van der Waals surface area contributed by atoms with Crippen LogP contribution in [0.3, 0.4) is 0 Å². The summed E-state index contributed by atoms with van der Waals surface area (Å²) in [6.45, 7) is 6.76. The molecule has 21 heavy (non-hydrogen) atoms. The second-order valence-corrected chi connectivity index (χ2v) is 5.50. The molecule has 5 heteroatoms. The number of likely N-dealkylation sites (N-methyl/N-ethyl adjacent to an activating group) is 1. The molecule has 1 aromatic carbocycles. The lowest BCUT2D eigenvalue weighted by molar-refractivity contribution is 0.541. The fourth-order valence-corrected chi connectivity index (χ4v) is 2.57. The number of hydrogen-bond acceptors (Lipinski definition) is 3. The molecule has 0 aliphatic heterocycles. The van der Waals surface area contributed by atoms with Crippen LogP contribution < -0.4 is 5.32 Å². The number of rotatable bonds is 5. The van der Waals surface area contributed by atoms with Gasteiger partial charge in [0.2, 0.25) is 0 Å². The number of benzene rings is 1. The van der Waals surface area contributed by atoms with Crippen molar-refractivity contribution in [2.45, 2.75) is 33.2 Å². The maximum Gasteiger partial charge on any atom is 0.141 e. The fourth-order valence-electron chi connectivity index (χ4n) is 2.36. The summed E-state index contributed by atoms with van der Waals surface area (Å²) in [6, 6.07) is 7.00. The average Bonchev–Trinajstić information content (AvgIpc) is 2.45. The van der Waals surface area contributed by atoms with E-state index in [1.807, 2.05) is 19.9 Å². The van der Waals surface area contributed by atoms with Crippen molar-refractivity contribution in [3.05, 3.63) is 57.6 Å². The van der Waals surface area contributed by atoms with Crippen LogP contribution in [0.25, 0.3) is 0 Å². The topological polar surface area (TPSA) is 37.8 Å². The van der Waals surface area contributed by atoms with Gasteiger partial charge in [0.05, 0.1) is 16.4 Å². The van der Waals surface area contributed by atoms with E-state index < -0.39 is 5.82 Å². The van der Waals surface area contributed by atoms with Gasteiger partial charge in [0.25, 0.3) is 0 Å². The highest BCUT2D eigenvalue weighted by Crippen LogP contribution is 2.23. The standard InChI is InChI=1S/C16H19ClFN3/c1-4-19-16(13-7-10(2)20-21-11(13)3)9-12-5-6-15(18)14(17)8-12/h5-8,16,19H,4,9H2,1-3H3. The lowest BCUT2D eigenvalue weighted by atomic mass is 9.97. The Morgan fingerprint density at radius 3 is 2.67 bits per heavy atom. The minimum absolute atomic E-state index is 0.103. The Morgan fingerprint density at radius 1 is 1.24 bits per heavy atom. The number of hydrogen-bond donors (Lipinski definition) is 1. The van der Waals surface area contributed by atoms with E-state index in [0.717, 1.165) is 35.5 Å². The molecule has 1 heterocycles. The van der Waals surface area contributed by atoms with Crippen LogP contribution in [0.4, 0.5) is 4.39 Å². The third kappa shape index (κ3) is 3.99. The van der Waals surface area contributed by atoms with E-state index >= 15 is 0 Å². The van der Waals surface area contributed by atoms with Gasteiger partial charge in [0.1, 0.15) is 5.82 Å². The Kier molecular flexibility index (Phi) is 5.26. The fraction of sp³-hybridized carbons (Fsp3) is 0.375. The SMILES string of the molecule is CCNC(Cc1ccc(F)c(Cl)c1)c1cc(C)nnc1C. The van der Waals surface area contributed by atoms with E-state index in [1.54, 1.807) is 12.1 Å². The molecule has 0 bridgehead atoms. The summed E-state index contributed by atoms with van der Waals surface area (Å²) in [5, 5.41) is 11.8. The number of nitrogens with zero attached hydrogens (tertiary/aromatic N) is 2. The molecule has 1 atom stereocenters. The van der Waals surface area contributed by atoms with Crippen molar-refractivity contribution in [3.8, 4) is 0 Å². The number of halogens is 2. The maximum absolute atomic E-state index is 13.3. The summed E-state index contributed by atoms with van der Waals surface area (Å²) in [4.78, 5) is 0. The third-order valence-electron chi connectivity index (χ3n) is 3.39. The van der Waals surface area contributed by atoms with E-state index in [-0.39, 0.29) is 11.1 Å². The van der Waals surface area contributed by atoms with E-state index in [2.05, 4.69) is 22.4 Å². The minimum Gasteiger partial charge on any atom is -0.310 e. The van der Waals surface area contributed by atoms with Crippen molar-refractivity contribution in [2.75, 3.05) is 6.54 Å². The normalized spacial score (nSPS) is 12.4. The van der Waals surface area contributed by atoms with Crippen molar-refractivity contribution >= 4 is 11.6 Å². The zero-order valence-corrected chi connectivity index (χ0v) is 13.2. The molecule has 1 aromatic heterocycles. The Bertz CT molecular complexity index is 631. The van der Waals surface area contributed by atoms with Crippen LogP contribution in [0.15, 0.2) is 24.3 Å². The molecular formula is C16H19ClFN3. The lowest BCUT2D eigenvalue weighted by Crippen LogP contribution is -2.24. The second kappa shape index (κ2) is 6.96. The van der Waals surface area contributed by atoms with Gasteiger partial charge < -0.3 is 5.32 Å². The summed E-state index contributed by atoms with van der Waals surface area (Å²) >= 11 is 5.86. The Balaban J connectivity index is 2.30. The molecule has 0 fully saturated rings. The van der Waals surface area contributed by atoms with E-state index in [9.17, 15) is 4.39 Å². The quantitative estimate of drug-likeness (QED) is 0.913. The molecule has 112 valence electrons. The van der Waals surface area contributed by atoms with Crippen molar-refractivity contribution in [1.29, 1.82) is 0 Å². The first-order valence-corrected chi connectivity index (χ1v) is 7.37. The van der Waals surface area contributed by atoms with Gasteiger partial charge in [-0.1, -0.05) is 24.6 Å². The monoisotopic (exact) mass is 307 g/mol. The van der Waals surface area contributed by atoms with Crippen LogP contribution in [-0.2, 0) is 6.42 Å². The lowest BCUT2D eigenvalue weighted by Gasteiger charge is -2.20. The summed E-state index contributed by atoms with van der Waals surface area (Å²) in [6.07, 6.45) is 0.722. The molecule has 0 radical (unpaired) electrons. The molecule has 0 amide bonds. The zero-order valence-electron chi connectivity index (χ0n) is 12.5. The number of aromatic nitrogens is 2. The van der Waals surface area contributed by atoms with Gasteiger partial charge >= 0.3 is 0 Å². The molecule has 0 saturated heterocycles. The Labute approximate surface area is 129 Å². The summed E-state index contributed by atoms with van der Waals surface area (Å²) in [5.74, 6) is -0.391. The largest absolute Gasteiger partial charge is 0.310 e. The molecular weight excluding hydrogens is 289 g/mol. The smallest absolute Gasteiger partial charge is 0.141 e. The van der Waals surface area contributed by atoms with Gasteiger partial charge in [-0.3, -0.25) is 0 Å². The maximum atomic E-state index is 13.3. The van der Waals surface area contributed by atoms with Gasteiger partial charge in [-0.05, 0) is 56.1 Å². The first kappa shape index (κ1) is 15.9. The predicted molar refractivity (Wildman–Crippen MR) is 83.0 cm³/mol. The van der Waals surface area contributed by atoms with Crippen molar-refractivity contribution in [3.63, 3.8) is 0 Å². The highest BCUT2D eigenvalue weighted by atomic mass is 35.5. The van der Waals surface area contributed by atoms with E-state index in [1.165, 1.54) is 6.07 Å². The van der Waals surface area contributed by atoms with Gasteiger partial charge in [-0.15, -0.1) is 0 Å². The molecule has 2 rings (SSSR count). The highest BCUT2D eigenvalue weighted by Gasteiger charge is 2.16. The minimum atomic E-state index is -0.391. The van der Waals surface area contributed by atoms with Crippen LogP contribution in [0.1, 0.15) is 35.5 Å². The van der Waals surface area contributed by atoms with E-state index in [4.69, 9.17) is 11.6 Å². The first-order valence-electron chi connectivity index (χ1n) is 6.99. The summed E-state index contributed by atoms with van der Waals surface area (Å²) in [7, 11) is 0. The molecule has 0 spiro atoms.